The van der Waals surface area contributed by atoms with Gasteiger partial charge in [0.25, 0.3) is 0 Å². The van der Waals surface area contributed by atoms with Gasteiger partial charge in [0.15, 0.2) is 9.84 Å². The average Bonchev–Trinajstić information content (AvgIpc) is 2.41. The molecule has 0 heterocycles. The number of hydrogen-bond acceptors (Lipinski definition) is 3. The fourth-order valence-corrected chi connectivity index (χ4v) is 2.78. The smallest absolute Gasteiger partial charge is 0.175 e. The van der Waals surface area contributed by atoms with Crippen LogP contribution in [0.15, 0.2) is 53.4 Å². The quantitative estimate of drug-likeness (QED) is 0.942. The van der Waals surface area contributed by atoms with Crippen molar-refractivity contribution in [3.63, 3.8) is 0 Å². The van der Waals surface area contributed by atoms with E-state index in [0.29, 0.717) is 0 Å². The monoisotopic (exact) mass is 293 g/mol. The zero-order chi connectivity index (χ0) is 14.8. The van der Waals surface area contributed by atoms with Crippen molar-refractivity contribution in [2.24, 2.45) is 0 Å². The van der Waals surface area contributed by atoms with Gasteiger partial charge in [-0.05, 0) is 42.4 Å². The molecule has 0 bridgehead atoms. The lowest BCUT2D eigenvalue weighted by molar-refractivity contribution is 0.601. The van der Waals surface area contributed by atoms with Gasteiger partial charge in [0.1, 0.15) is 5.82 Å². The summed E-state index contributed by atoms with van der Waals surface area (Å²) < 4.78 is 36.2. The molecule has 0 spiro atoms. The zero-order valence-electron chi connectivity index (χ0n) is 11.3. The second kappa shape index (κ2) is 5.73. The van der Waals surface area contributed by atoms with E-state index in [-0.39, 0.29) is 16.8 Å². The van der Waals surface area contributed by atoms with Crippen LogP contribution in [0.5, 0.6) is 0 Å². The van der Waals surface area contributed by atoms with E-state index in [1.165, 1.54) is 18.4 Å². The van der Waals surface area contributed by atoms with Crippen molar-refractivity contribution < 1.29 is 12.8 Å². The van der Waals surface area contributed by atoms with Gasteiger partial charge in [0.2, 0.25) is 0 Å². The molecule has 5 heteroatoms. The highest BCUT2D eigenvalue weighted by Crippen LogP contribution is 2.24. The first-order chi connectivity index (χ1) is 9.41. The molecular weight excluding hydrogens is 277 g/mol. The molecule has 0 aliphatic carbocycles. The molecule has 0 radical (unpaired) electrons. The maximum atomic E-state index is 13.0. The molecule has 0 aliphatic heterocycles. The lowest BCUT2D eigenvalue weighted by atomic mass is 9.99. The predicted molar refractivity (Wildman–Crippen MR) is 76.9 cm³/mol. The first kappa shape index (κ1) is 14.7. The fourth-order valence-electron chi connectivity index (χ4n) is 2.11. The van der Waals surface area contributed by atoms with E-state index < -0.39 is 9.84 Å². The summed E-state index contributed by atoms with van der Waals surface area (Å²) >= 11 is 0. The fraction of sp³-hybridized carbons (Fsp3) is 0.200. The van der Waals surface area contributed by atoms with Gasteiger partial charge < -0.3 is 5.32 Å². The third kappa shape index (κ3) is 3.23. The standard InChI is InChI=1S/C15H16FNO2S/c1-17-15(11-6-8-13(16)9-7-11)12-4-3-5-14(10-12)20(2,18)19/h3-10,15,17H,1-2H3. The van der Waals surface area contributed by atoms with Crippen LogP contribution in [-0.2, 0) is 9.84 Å². The van der Waals surface area contributed by atoms with Crippen LogP contribution in [0.1, 0.15) is 17.2 Å². The third-order valence-electron chi connectivity index (χ3n) is 3.11. The Balaban J connectivity index is 2.44. The van der Waals surface area contributed by atoms with Gasteiger partial charge in [-0.15, -0.1) is 0 Å². The Bertz CT molecular complexity index is 696. The van der Waals surface area contributed by atoms with E-state index in [1.54, 1.807) is 37.4 Å². The summed E-state index contributed by atoms with van der Waals surface area (Å²) in [5.41, 5.74) is 1.70. The van der Waals surface area contributed by atoms with Gasteiger partial charge in [-0.3, -0.25) is 0 Å². The molecule has 2 aromatic carbocycles. The third-order valence-corrected chi connectivity index (χ3v) is 4.22. The Morgan fingerprint density at radius 2 is 1.70 bits per heavy atom. The van der Waals surface area contributed by atoms with Gasteiger partial charge in [0.05, 0.1) is 10.9 Å². The summed E-state index contributed by atoms with van der Waals surface area (Å²) in [6, 6.07) is 12.7. The lowest BCUT2D eigenvalue weighted by Crippen LogP contribution is -2.18. The Hall–Kier alpha value is -1.72. The van der Waals surface area contributed by atoms with Gasteiger partial charge in [-0.2, -0.15) is 0 Å². The zero-order valence-corrected chi connectivity index (χ0v) is 12.1. The highest BCUT2D eigenvalue weighted by atomic mass is 32.2. The van der Waals surface area contributed by atoms with Gasteiger partial charge in [-0.25, -0.2) is 12.8 Å². The summed E-state index contributed by atoms with van der Waals surface area (Å²) in [7, 11) is -1.46. The summed E-state index contributed by atoms with van der Waals surface area (Å²) in [6.45, 7) is 0. The van der Waals surface area contributed by atoms with E-state index in [0.717, 1.165) is 11.1 Å². The number of benzene rings is 2. The molecule has 20 heavy (non-hydrogen) atoms. The number of nitrogens with one attached hydrogen (secondary N) is 1. The van der Waals surface area contributed by atoms with E-state index in [9.17, 15) is 12.8 Å². The van der Waals surface area contributed by atoms with Gasteiger partial charge >= 0.3 is 0 Å². The van der Waals surface area contributed by atoms with Crippen molar-refractivity contribution in [1.82, 2.24) is 5.32 Å². The van der Waals surface area contributed by atoms with Crippen molar-refractivity contribution >= 4 is 9.84 Å². The summed E-state index contributed by atoms with van der Waals surface area (Å²) in [4.78, 5) is 0.275. The molecule has 106 valence electrons. The van der Waals surface area contributed by atoms with Crippen molar-refractivity contribution in [2.75, 3.05) is 13.3 Å². The largest absolute Gasteiger partial charge is 0.309 e. The summed E-state index contributed by atoms with van der Waals surface area (Å²) in [5.74, 6) is -0.298. The van der Waals surface area contributed by atoms with E-state index in [2.05, 4.69) is 5.32 Å². The first-order valence-electron chi connectivity index (χ1n) is 6.14. The number of sulfone groups is 1. The number of rotatable bonds is 4. The summed E-state index contributed by atoms with van der Waals surface area (Å²) in [5, 5.41) is 3.12. The molecular formula is C15H16FNO2S. The Kier molecular flexibility index (Phi) is 4.20. The van der Waals surface area contributed by atoms with Crippen LogP contribution in [-0.4, -0.2) is 21.7 Å². The molecule has 0 saturated heterocycles. The van der Waals surface area contributed by atoms with Gasteiger partial charge in [-0.1, -0.05) is 24.3 Å². The molecule has 1 N–H and O–H groups in total. The molecule has 0 saturated carbocycles. The minimum absolute atomic E-state index is 0.183. The van der Waals surface area contributed by atoms with Crippen molar-refractivity contribution in [3.8, 4) is 0 Å². The van der Waals surface area contributed by atoms with E-state index in [4.69, 9.17) is 0 Å². The molecule has 0 aliphatic rings. The van der Waals surface area contributed by atoms with Crippen molar-refractivity contribution in [1.29, 1.82) is 0 Å². The molecule has 1 atom stereocenters. The first-order valence-corrected chi connectivity index (χ1v) is 8.03. The van der Waals surface area contributed by atoms with Crippen LogP contribution in [0.2, 0.25) is 0 Å². The van der Waals surface area contributed by atoms with E-state index >= 15 is 0 Å². The van der Waals surface area contributed by atoms with Crippen molar-refractivity contribution in [3.05, 3.63) is 65.5 Å². The number of halogens is 1. The summed E-state index contributed by atoms with van der Waals surface area (Å²) in [6.07, 6.45) is 1.18. The average molecular weight is 293 g/mol. The van der Waals surface area contributed by atoms with Crippen LogP contribution in [0.25, 0.3) is 0 Å². The topological polar surface area (TPSA) is 46.2 Å². The normalized spacial score (nSPS) is 13.2. The SMILES string of the molecule is CNC(c1ccc(F)cc1)c1cccc(S(C)(=O)=O)c1. The molecule has 0 fully saturated rings. The minimum Gasteiger partial charge on any atom is -0.309 e. The lowest BCUT2D eigenvalue weighted by Gasteiger charge is -2.18. The highest BCUT2D eigenvalue weighted by Gasteiger charge is 2.15. The molecule has 2 rings (SSSR count). The molecule has 2 aromatic rings. The maximum Gasteiger partial charge on any atom is 0.175 e. The predicted octanol–water partition coefficient (Wildman–Crippen LogP) is 2.54. The Morgan fingerprint density at radius 1 is 1.05 bits per heavy atom. The second-order valence-electron chi connectivity index (χ2n) is 4.62. The molecule has 0 aromatic heterocycles. The van der Waals surface area contributed by atoms with Crippen LogP contribution in [0.4, 0.5) is 4.39 Å². The Labute approximate surface area is 118 Å². The number of hydrogen-bond donors (Lipinski definition) is 1. The molecule has 1 unspecified atom stereocenters. The van der Waals surface area contributed by atoms with Crippen LogP contribution < -0.4 is 5.32 Å². The molecule has 3 nitrogen and oxygen atoms in total. The maximum absolute atomic E-state index is 13.0. The highest BCUT2D eigenvalue weighted by molar-refractivity contribution is 7.90. The van der Waals surface area contributed by atoms with E-state index in [1.807, 2.05) is 6.07 Å². The van der Waals surface area contributed by atoms with Crippen LogP contribution >= 0.6 is 0 Å². The van der Waals surface area contributed by atoms with Gasteiger partial charge in [0, 0.05) is 6.26 Å². The van der Waals surface area contributed by atoms with Crippen molar-refractivity contribution in [2.45, 2.75) is 10.9 Å². The molecule has 0 amide bonds. The minimum atomic E-state index is -3.24. The second-order valence-corrected chi connectivity index (χ2v) is 6.63. The van der Waals surface area contributed by atoms with Crippen LogP contribution in [0.3, 0.4) is 0 Å². The Morgan fingerprint density at radius 3 is 2.25 bits per heavy atom. The van der Waals surface area contributed by atoms with Crippen LogP contribution in [0, 0.1) is 5.82 Å².